The first-order valence-electron chi connectivity index (χ1n) is 12.2. The highest BCUT2D eigenvalue weighted by Gasteiger charge is 2.24. The van der Waals surface area contributed by atoms with Crippen molar-refractivity contribution in [3.8, 4) is 5.75 Å². The summed E-state index contributed by atoms with van der Waals surface area (Å²) in [4.78, 5) is 15.5. The van der Waals surface area contributed by atoms with E-state index >= 15 is 0 Å². The van der Waals surface area contributed by atoms with E-state index in [-0.39, 0.29) is 16.8 Å². The zero-order valence-corrected chi connectivity index (χ0v) is 21.6. The fraction of sp³-hybridized carbons (Fsp3) is 0.321. The first-order chi connectivity index (χ1) is 17.4. The SMILES string of the molecule is COc1ccc([C@H](CNC(=O)c2cccc(S(=O)(=O)Nc3ccc(C)cc3)c2)N2CCCCC2)cc1. The minimum atomic E-state index is -3.83. The molecule has 0 unspecified atom stereocenters. The van der Waals surface area contributed by atoms with E-state index in [0.29, 0.717) is 17.8 Å². The van der Waals surface area contributed by atoms with Gasteiger partial charge in [0.25, 0.3) is 15.9 Å². The minimum Gasteiger partial charge on any atom is -0.497 e. The number of amides is 1. The molecular weight excluding hydrogens is 474 g/mol. The number of likely N-dealkylation sites (tertiary alicyclic amines) is 1. The quantitative estimate of drug-likeness (QED) is 0.436. The van der Waals surface area contributed by atoms with Crippen molar-refractivity contribution in [2.75, 3.05) is 31.5 Å². The molecule has 0 aromatic heterocycles. The molecule has 0 aliphatic carbocycles. The summed E-state index contributed by atoms with van der Waals surface area (Å²) in [6.45, 7) is 4.31. The van der Waals surface area contributed by atoms with Gasteiger partial charge in [-0.15, -0.1) is 0 Å². The number of carbonyl (C=O) groups excluding carboxylic acids is 1. The highest BCUT2D eigenvalue weighted by Crippen LogP contribution is 2.26. The molecule has 8 heteroatoms. The van der Waals surface area contributed by atoms with Gasteiger partial charge in [0, 0.05) is 17.8 Å². The van der Waals surface area contributed by atoms with Crippen molar-refractivity contribution in [3.63, 3.8) is 0 Å². The van der Waals surface area contributed by atoms with E-state index in [1.807, 2.05) is 43.3 Å². The number of nitrogens with zero attached hydrogens (tertiary/aromatic N) is 1. The second-order valence-electron chi connectivity index (χ2n) is 9.09. The Hall–Kier alpha value is -3.36. The lowest BCUT2D eigenvalue weighted by Crippen LogP contribution is -2.40. The van der Waals surface area contributed by atoms with Crippen LogP contribution < -0.4 is 14.8 Å². The molecule has 2 N–H and O–H groups in total. The second-order valence-corrected chi connectivity index (χ2v) is 10.8. The molecule has 1 heterocycles. The van der Waals surface area contributed by atoms with Gasteiger partial charge in [0.05, 0.1) is 18.0 Å². The molecular formula is C28H33N3O4S. The average Bonchev–Trinajstić information content (AvgIpc) is 2.91. The Balaban J connectivity index is 1.48. The first-order valence-corrected chi connectivity index (χ1v) is 13.7. The molecule has 1 aliphatic heterocycles. The van der Waals surface area contributed by atoms with Gasteiger partial charge in [-0.25, -0.2) is 8.42 Å². The largest absolute Gasteiger partial charge is 0.497 e. The predicted octanol–water partition coefficient (Wildman–Crippen LogP) is 4.76. The second kappa shape index (κ2) is 11.6. The van der Waals surface area contributed by atoms with Gasteiger partial charge in [-0.1, -0.05) is 42.3 Å². The van der Waals surface area contributed by atoms with Crippen LogP contribution in [0.3, 0.4) is 0 Å². The molecule has 0 spiro atoms. The van der Waals surface area contributed by atoms with Crippen LogP contribution in [0.1, 0.15) is 46.8 Å². The van der Waals surface area contributed by atoms with Crippen molar-refractivity contribution >= 4 is 21.6 Å². The van der Waals surface area contributed by atoms with Crippen LogP contribution in [0.4, 0.5) is 5.69 Å². The third-order valence-electron chi connectivity index (χ3n) is 6.50. The Bertz CT molecular complexity index is 1270. The van der Waals surface area contributed by atoms with Crippen molar-refractivity contribution in [2.45, 2.75) is 37.1 Å². The van der Waals surface area contributed by atoms with E-state index in [2.05, 4.69) is 14.9 Å². The number of benzene rings is 3. The van der Waals surface area contributed by atoms with E-state index in [9.17, 15) is 13.2 Å². The smallest absolute Gasteiger partial charge is 0.261 e. The van der Waals surface area contributed by atoms with Crippen molar-refractivity contribution in [2.24, 2.45) is 0 Å². The minimum absolute atomic E-state index is 0.0234. The highest BCUT2D eigenvalue weighted by molar-refractivity contribution is 7.92. The number of aryl methyl sites for hydroxylation is 1. The number of piperidine rings is 1. The van der Waals surface area contributed by atoms with Crippen LogP contribution in [0.15, 0.2) is 77.7 Å². The third-order valence-corrected chi connectivity index (χ3v) is 7.88. The van der Waals surface area contributed by atoms with Crippen LogP contribution in [0, 0.1) is 6.92 Å². The van der Waals surface area contributed by atoms with Crippen LogP contribution in [-0.4, -0.2) is 46.0 Å². The number of carbonyl (C=O) groups is 1. The normalized spacial score (nSPS) is 15.2. The fourth-order valence-corrected chi connectivity index (χ4v) is 5.55. The van der Waals surface area contributed by atoms with Crippen molar-refractivity contribution in [1.82, 2.24) is 10.2 Å². The van der Waals surface area contributed by atoms with Crippen LogP contribution in [0.25, 0.3) is 0 Å². The molecule has 3 aromatic rings. The third kappa shape index (κ3) is 6.44. The maximum atomic E-state index is 13.1. The summed E-state index contributed by atoms with van der Waals surface area (Å²) in [6.07, 6.45) is 3.49. The summed E-state index contributed by atoms with van der Waals surface area (Å²) in [5.41, 5.74) is 2.92. The monoisotopic (exact) mass is 507 g/mol. The molecule has 7 nitrogen and oxygen atoms in total. The number of methoxy groups -OCH3 is 1. The van der Waals surface area contributed by atoms with Crippen molar-refractivity contribution < 1.29 is 17.9 Å². The van der Waals surface area contributed by atoms with E-state index in [0.717, 1.165) is 42.8 Å². The first kappa shape index (κ1) is 25.7. The fourth-order valence-electron chi connectivity index (χ4n) is 4.45. The molecule has 36 heavy (non-hydrogen) atoms. The number of ether oxygens (including phenoxy) is 1. The van der Waals surface area contributed by atoms with E-state index in [4.69, 9.17) is 4.74 Å². The van der Waals surface area contributed by atoms with Gasteiger partial charge in [0.1, 0.15) is 5.75 Å². The number of sulfonamides is 1. The molecule has 1 saturated heterocycles. The van der Waals surface area contributed by atoms with Crippen molar-refractivity contribution in [1.29, 1.82) is 0 Å². The Morgan fingerprint density at radius 1 is 0.972 bits per heavy atom. The van der Waals surface area contributed by atoms with Crippen LogP contribution in [-0.2, 0) is 10.0 Å². The van der Waals surface area contributed by atoms with E-state index in [1.165, 1.54) is 18.6 Å². The number of rotatable bonds is 9. The Morgan fingerprint density at radius 3 is 2.33 bits per heavy atom. The van der Waals surface area contributed by atoms with Gasteiger partial charge in [0.2, 0.25) is 0 Å². The van der Waals surface area contributed by atoms with E-state index < -0.39 is 10.0 Å². The molecule has 4 rings (SSSR count). The Labute approximate surface area is 213 Å². The Morgan fingerprint density at radius 2 is 1.67 bits per heavy atom. The summed E-state index contributed by atoms with van der Waals surface area (Å²) in [5.74, 6) is 0.482. The molecule has 0 bridgehead atoms. The number of anilines is 1. The van der Waals surface area contributed by atoms with Crippen LogP contribution >= 0.6 is 0 Å². The van der Waals surface area contributed by atoms with Gasteiger partial charge in [-0.2, -0.15) is 0 Å². The number of hydrogen-bond acceptors (Lipinski definition) is 5. The molecule has 0 saturated carbocycles. The van der Waals surface area contributed by atoms with Gasteiger partial charge < -0.3 is 10.1 Å². The van der Waals surface area contributed by atoms with Crippen LogP contribution in [0.5, 0.6) is 5.75 Å². The summed E-state index contributed by atoms with van der Waals surface area (Å²) in [7, 11) is -2.19. The topological polar surface area (TPSA) is 87.7 Å². The molecule has 190 valence electrons. The van der Waals surface area contributed by atoms with Crippen LogP contribution in [0.2, 0.25) is 0 Å². The van der Waals surface area contributed by atoms with Gasteiger partial charge >= 0.3 is 0 Å². The lowest BCUT2D eigenvalue weighted by molar-refractivity contribution is 0.0924. The van der Waals surface area contributed by atoms with Gasteiger partial charge in [-0.05, 0) is 80.9 Å². The summed E-state index contributed by atoms with van der Waals surface area (Å²) < 4.78 is 33.7. The highest BCUT2D eigenvalue weighted by atomic mass is 32.2. The van der Waals surface area contributed by atoms with Gasteiger partial charge in [-0.3, -0.25) is 14.4 Å². The molecule has 1 fully saturated rings. The molecule has 1 aliphatic rings. The number of nitrogens with one attached hydrogen (secondary N) is 2. The average molecular weight is 508 g/mol. The summed E-state index contributed by atoms with van der Waals surface area (Å²) >= 11 is 0. The maximum Gasteiger partial charge on any atom is 0.261 e. The maximum absolute atomic E-state index is 13.1. The predicted molar refractivity (Wildman–Crippen MR) is 142 cm³/mol. The molecule has 1 atom stereocenters. The zero-order chi connectivity index (χ0) is 25.5. The van der Waals surface area contributed by atoms with Crippen molar-refractivity contribution in [3.05, 3.63) is 89.5 Å². The standard InChI is InChI=1S/C28H33N3O4S/c1-21-9-13-24(14-10-21)30-36(33,34)26-8-6-7-23(19-26)28(32)29-20-27(31-17-4-3-5-18-31)22-11-15-25(35-2)16-12-22/h6-16,19,27,30H,3-5,17-18,20H2,1-2H3,(H,29,32)/t27-/m0/s1. The lowest BCUT2D eigenvalue weighted by atomic mass is 10.0. The number of hydrogen-bond donors (Lipinski definition) is 2. The summed E-state index contributed by atoms with van der Waals surface area (Å²) in [5, 5.41) is 3.03. The summed E-state index contributed by atoms with van der Waals surface area (Å²) in [6, 6.07) is 21.2. The lowest BCUT2D eigenvalue weighted by Gasteiger charge is -2.35. The van der Waals surface area contributed by atoms with Gasteiger partial charge in [0.15, 0.2) is 0 Å². The molecule has 1 amide bonds. The molecule has 0 radical (unpaired) electrons. The zero-order valence-electron chi connectivity index (χ0n) is 20.7. The Kier molecular flexibility index (Phi) is 8.28. The molecule has 3 aromatic carbocycles. The van der Waals surface area contributed by atoms with E-state index in [1.54, 1.807) is 31.4 Å².